The van der Waals surface area contributed by atoms with Gasteiger partial charge in [-0.25, -0.2) is 0 Å². The van der Waals surface area contributed by atoms with Gasteiger partial charge < -0.3 is 0 Å². The first-order chi connectivity index (χ1) is 23.5. The standard InChI is InChI=1S/C47H36S/c1-31-20-23-36-29-39(25-24-35(36)28-31)47-42-18-9-7-16-40(42)46(41-17-8-10-19-43(41)47)38-15-11-14-37(30-38)45-27-26-44(48-45)33(3)22-21-32(2)34-12-5-4-6-13-34/h4-30H,1-3H3/b32-21+,33-22+. The molecule has 1 aromatic heterocycles. The van der Waals surface area contributed by atoms with Crippen LogP contribution in [0.1, 0.15) is 29.9 Å². The molecule has 0 aliphatic rings. The van der Waals surface area contributed by atoms with E-state index in [0.29, 0.717) is 0 Å². The maximum atomic E-state index is 2.38. The Morgan fingerprint density at radius 3 is 1.71 bits per heavy atom. The summed E-state index contributed by atoms with van der Waals surface area (Å²) in [7, 11) is 0. The molecule has 0 aliphatic heterocycles. The molecule has 230 valence electrons. The van der Waals surface area contributed by atoms with E-state index >= 15 is 0 Å². The fraction of sp³-hybridized carbons (Fsp3) is 0.0638. The topological polar surface area (TPSA) is 0 Å². The van der Waals surface area contributed by atoms with Gasteiger partial charge in [0.1, 0.15) is 0 Å². The molecule has 0 atom stereocenters. The van der Waals surface area contributed by atoms with Crippen LogP contribution < -0.4 is 0 Å². The molecule has 0 unspecified atom stereocenters. The predicted molar refractivity (Wildman–Crippen MR) is 212 cm³/mol. The third-order valence-electron chi connectivity index (χ3n) is 9.46. The smallest absolute Gasteiger partial charge is 0.0349 e. The van der Waals surface area contributed by atoms with Crippen LogP contribution in [0.25, 0.3) is 76.2 Å². The number of fused-ring (bicyclic) bond motifs is 3. The van der Waals surface area contributed by atoms with E-state index in [0.717, 1.165) is 0 Å². The quantitative estimate of drug-likeness (QED) is 0.126. The van der Waals surface area contributed by atoms with Crippen LogP contribution in [0, 0.1) is 6.92 Å². The fourth-order valence-electron chi connectivity index (χ4n) is 6.93. The lowest BCUT2D eigenvalue weighted by atomic mass is 9.85. The van der Waals surface area contributed by atoms with Gasteiger partial charge >= 0.3 is 0 Å². The van der Waals surface area contributed by atoms with Crippen LogP contribution in [0.5, 0.6) is 0 Å². The summed E-state index contributed by atoms with van der Waals surface area (Å²) in [6.45, 7) is 6.54. The van der Waals surface area contributed by atoms with Gasteiger partial charge in [0.05, 0.1) is 0 Å². The molecule has 0 amide bonds. The molecule has 48 heavy (non-hydrogen) atoms. The van der Waals surface area contributed by atoms with Crippen LogP contribution in [-0.4, -0.2) is 0 Å². The summed E-state index contributed by atoms with van der Waals surface area (Å²) >= 11 is 1.86. The summed E-state index contributed by atoms with van der Waals surface area (Å²) in [4.78, 5) is 2.57. The molecule has 0 bridgehead atoms. The second kappa shape index (κ2) is 12.6. The van der Waals surface area contributed by atoms with Gasteiger partial charge in [-0.3, -0.25) is 0 Å². The lowest BCUT2D eigenvalue weighted by Gasteiger charge is -2.18. The van der Waals surface area contributed by atoms with Crippen LogP contribution >= 0.6 is 11.3 Å². The second-order valence-electron chi connectivity index (χ2n) is 12.7. The van der Waals surface area contributed by atoms with E-state index in [1.54, 1.807) is 0 Å². The Bertz CT molecular complexity index is 2470. The molecule has 0 nitrogen and oxygen atoms in total. The molecule has 0 spiro atoms. The van der Waals surface area contributed by atoms with Crippen molar-refractivity contribution in [1.29, 1.82) is 0 Å². The Balaban J connectivity index is 1.22. The highest BCUT2D eigenvalue weighted by molar-refractivity contribution is 7.16. The van der Waals surface area contributed by atoms with Crippen molar-refractivity contribution in [3.63, 3.8) is 0 Å². The van der Waals surface area contributed by atoms with Crippen LogP contribution in [0.3, 0.4) is 0 Å². The van der Waals surface area contributed by atoms with Crippen molar-refractivity contribution in [1.82, 2.24) is 0 Å². The average molecular weight is 633 g/mol. The Kier molecular flexibility index (Phi) is 7.84. The Morgan fingerprint density at radius 1 is 0.458 bits per heavy atom. The third-order valence-corrected chi connectivity index (χ3v) is 10.7. The van der Waals surface area contributed by atoms with Crippen molar-refractivity contribution < 1.29 is 0 Å². The van der Waals surface area contributed by atoms with Gasteiger partial charge in [-0.05, 0) is 122 Å². The maximum Gasteiger partial charge on any atom is 0.0349 e. The van der Waals surface area contributed by atoms with Crippen LogP contribution in [-0.2, 0) is 0 Å². The molecule has 0 radical (unpaired) electrons. The Hall–Kier alpha value is -5.50. The molecular formula is C47H36S. The SMILES string of the molecule is C/C(=C\C=C(/C)c1ccc(-c2cccc(-c3c4ccccc4c(-c4ccc5cc(C)ccc5c4)c4ccccc34)c2)s1)c1ccccc1. The van der Waals surface area contributed by atoms with Gasteiger partial charge in [-0.1, -0.05) is 145 Å². The Labute approximate surface area is 287 Å². The third kappa shape index (κ3) is 5.57. The number of aryl methyl sites for hydroxylation is 1. The molecule has 0 aliphatic carbocycles. The monoisotopic (exact) mass is 632 g/mol. The molecule has 0 saturated carbocycles. The zero-order valence-corrected chi connectivity index (χ0v) is 28.3. The lowest BCUT2D eigenvalue weighted by molar-refractivity contribution is 1.51. The number of rotatable bonds is 6. The van der Waals surface area contributed by atoms with E-state index in [-0.39, 0.29) is 0 Å². The maximum absolute atomic E-state index is 2.38. The minimum Gasteiger partial charge on any atom is -0.136 e. The molecule has 1 heteroatoms. The number of hydrogen-bond donors (Lipinski definition) is 0. The van der Waals surface area contributed by atoms with Crippen molar-refractivity contribution in [3.8, 4) is 32.7 Å². The summed E-state index contributed by atoms with van der Waals surface area (Å²) < 4.78 is 0. The highest BCUT2D eigenvalue weighted by atomic mass is 32.1. The largest absolute Gasteiger partial charge is 0.136 e. The van der Waals surface area contributed by atoms with E-state index in [9.17, 15) is 0 Å². The normalized spacial score (nSPS) is 12.3. The molecule has 0 N–H and O–H groups in total. The van der Waals surface area contributed by atoms with Crippen molar-refractivity contribution in [3.05, 3.63) is 180 Å². The first kappa shape index (κ1) is 29.9. The lowest BCUT2D eigenvalue weighted by Crippen LogP contribution is -1.91. The predicted octanol–water partition coefficient (Wildman–Crippen LogP) is 14.0. The Morgan fingerprint density at radius 2 is 1.02 bits per heavy atom. The van der Waals surface area contributed by atoms with Gasteiger partial charge in [0.2, 0.25) is 0 Å². The van der Waals surface area contributed by atoms with E-state index in [2.05, 4.69) is 185 Å². The summed E-state index contributed by atoms with van der Waals surface area (Å²) in [6.07, 6.45) is 4.47. The van der Waals surface area contributed by atoms with E-state index < -0.39 is 0 Å². The van der Waals surface area contributed by atoms with Gasteiger partial charge in [0, 0.05) is 9.75 Å². The molecule has 8 rings (SSSR count). The number of thiophene rings is 1. The zero-order valence-electron chi connectivity index (χ0n) is 27.5. The van der Waals surface area contributed by atoms with E-state index in [1.807, 2.05) is 11.3 Å². The van der Waals surface area contributed by atoms with Crippen molar-refractivity contribution in [2.24, 2.45) is 0 Å². The number of allylic oxidation sites excluding steroid dienone is 4. The number of benzene rings is 7. The van der Waals surface area contributed by atoms with Gasteiger partial charge in [0.15, 0.2) is 0 Å². The molecule has 8 aromatic rings. The highest BCUT2D eigenvalue weighted by Crippen LogP contribution is 2.45. The van der Waals surface area contributed by atoms with Crippen LogP contribution in [0.2, 0.25) is 0 Å². The number of hydrogen-bond acceptors (Lipinski definition) is 1. The first-order valence-electron chi connectivity index (χ1n) is 16.6. The average Bonchev–Trinajstić information content (AvgIpc) is 3.64. The molecule has 7 aromatic carbocycles. The summed E-state index contributed by atoms with van der Waals surface area (Å²) in [5.74, 6) is 0. The van der Waals surface area contributed by atoms with Gasteiger partial charge in [-0.15, -0.1) is 11.3 Å². The minimum absolute atomic E-state index is 1.24. The second-order valence-corrected chi connectivity index (χ2v) is 13.8. The molecular weight excluding hydrogens is 597 g/mol. The minimum atomic E-state index is 1.24. The fourth-order valence-corrected chi connectivity index (χ4v) is 7.92. The molecule has 0 fully saturated rings. The van der Waals surface area contributed by atoms with Crippen molar-refractivity contribution in [2.75, 3.05) is 0 Å². The molecule has 0 saturated heterocycles. The summed E-state index contributed by atoms with van der Waals surface area (Å²) in [5.41, 5.74) is 11.4. The first-order valence-corrected chi connectivity index (χ1v) is 17.4. The zero-order chi connectivity index (χ0) is 32.6. The van der Waals surface area contributed by atoms with Gasteiger partial charge in [-0.2, -0.15) is 0 Å². The molecule has 1 heterocycles. The van der Waals surface area contributed by atoms with Crippen molar-refractivity contribution >= 4 is 54.8 Å². The van der Waals surface area contributed by atoms with Crippen molar-refractivity contribution in [2.45, 2.75) is 20.8 Å². The van der Waals surface area contributed by atoms with E-state index in [1.165, 1.54) is 92.2 Å². The highest BCUT2D eigenvalue weighted by Gasteiger charge is 2.17. The van der Waals surface area contributed by atoms with Crippen LogP contribution in [0.4, 0.5) is 0 Å². The van der Waals surface area contributed by atoms with E-state index in [4.69, 9.17) is 0 Å². The summed E-state index contributed by atoms with van der Waals surface area (Å²) in [6, 6.07) is 55.7. The van der Waals surface area contributed by atoms with Crippen LogP contribution in [0.15, 0.2) is 164 Å². The summed E-state index contributed by atoms with van der Waals surface area (Å²) in [5, 5.41) is 7.66. The van der Waals surface area contributed by atoms with Gasteiger partial charge in [0.25, 0.3) is 0 Å².